The summed E-state index contributed by atoms with van der Waals surface area (Å²) >= 11 is 6.07. The fraction of sp³-hybridized carbons (Fsp3) is 0.391. The number of hydrogen-bond acceptors (Lipinski definition) is 5. The third-order valence-corrected chi connectivity index (χ3v) is 4.90. The number of hydrogen-bond donors (Lipinski definition) is 0. The molecule has 164 valence electrons. The number of allylic oxidation sites excluding steroid dienone is 1. The molecule has 0 aliphatic heterocycles. The van der Waals surface area contributed by atoms with Crippen molar-refractivity contribution in [3.8, 4) is 0 Å². The molecule has 0 radical (unpaired) electrons. The number of carbonyl (C=O) groups is 1. The molecule has 0 bridgehead atoms. The molecule has 0 N–H and O–H groups in total. The minimum absolute atomic E-state index is 0. The van der Waals surface area contributed by atoms with Gasteiger partial charge < -0.3 is 28.1 Å². The minimum Gasteiger partial charge on any atom is -0.419 e. The molecule has 0 saturated heterocycles. The number of rotatable bonds is 11. The van der Waals surface area contributed by atoms with E-state index in [9.17, 15) is 9.59 Å². The molecule has 8 heteroatoms. The Kier molecular flexibility index (Phi) is 15.8. The van der Waals surface area contributed by atoms with Gasteiger partial charge in [-0.2, -0.15) is 6.08 Å². The third kappa shape index (κ3) is 10.8. The van der Waals surface area contributed by atoms with Crippen LogP contribution in [0.3, 0.4) is 0 Å². The topological polar surface area (TPSA) is 68.1 Å². The van der Waals surface area contributed by atoms with E-state index in [1.54, 1.807) is 41.6 Å². The summed E-state index contributed by atoms with van der Waals surface area (Å²) in [5.74, 6) is 0.661. The normalized spacial score (nSPS) is 10.5. The van der Waals surface area contributed by atoms with Crippen molar-refractivity contribution in [3.05, 3.63) is 72.8 Å². The number of nitrogens with zero attached hydrogens (tertiary/aromatic N) is 4. The minimum atomic E-state index is 0. The van der Waals surface area contributed by atoms with Crippen LogP contribution in [0.1, 0.15) is 48.1 Å². The van der Waals surface area contributed by atoms with Gasteiger partial charge in [-0.25, -0.2) is 6.08 Å². The average Bonchev–Trinajstić information content (AvgIpc) is 3.13. The number of pyridine rings is 1. The number of halogens is 1. The molecule has 0 aliphatic rings. The summed E-state index contributed by atoms with van der Waals surface area (Å²) in [5.41, 5.74) is 1.61. The zero-order chi connectivity index (χ0) is 22.4. The number of carbonyl (C=O) groups excluding carboxylic acids is 2. The Labute approximate surface area is 203 Å². The van der Waals surface area contributed by atoms with Gasteiger partial charge in [-0.3, -0.25) is 14.8 Å². The van der Waals surface area contributed by atoms with Crippen LogP contribution < -0.4 is 18.9 Å². The van der Waals surface area contributed by atoms with Gasteiger partial charge in [0.05, 0.1) is 11.9 Å². The van der Waals surface area contributed by atoms with E-state index < -0.39 is 0 Å². The van der Waals surface area contributed by atoms with Gasteiger partial charge in [0, 0.05) is 23.8 Å². The molecular weight excluding hydrogens is 407 g/mol. The smallest absolute Gasteiger partial charge is 0.419 e. The van der Waals surface area contributed by atoms with Gasteiger partial charge in [0.1, 0.15) is 0 Å². The summed E-state index contributed by atoms with van der Waals surface area (Å²) in [6.07, 6.45) is 12.9. The maximum atomic E-state index is 12.2. The Bertz CT molecular complexity index is 824. The molecule has 0 unspecified atom stereocenters. The van der Waals surface area contributed by atoms with Crippen LogP contribution in [0.15, 0.2) is 36.8 Å². The van der Waals surface area contributed by atoms with E-state index >= 15 is 0 Å². The molecule has 31 heavy (non-hydrogen) atoms. The first-order valence-corrected chi connectivity index (χ1v) is 10.3. The maximum Gasteiger partial charge on any atom is 1.00 e. The van der Waals surface area contributed by atoms with E-state index in [1.165, 1.54) is 6.08 Å². The fourth-order valence-electron chi connectivity index (χ4n) is 2.62. The van der Waals surface area contributed by atoms with Gasteiger partial charge >= 0.3 is 18.9 Å². The van der Waals surface area contributed by atoms with E-state index in [2.05, 4.69) is 35.6 Å². The van der Waals surface area contributed by atoms with Crippen molar-refractivity contribution in [1.82, 2.24) is 19.4 Å². The van der Waals surface area contributed by atoms with E-state index in [0.717, 1.165) is 42.9 Å². The van der Waals surface area contributed by atoms with E-state index in [0.29, 0.717) is 24.5 Å². The second-order valence-corrected chi connectivity index (χ2v) is 7.09. The molecule has 2 heterocycles. The van der Waals surface area contributed by atoms with Crippen molar-refractivity contribution in [2.45, 2.75) is 39.2 Å². The fourth-order valence-corrected chi connectivity index (χ4v) is 2.82. The van der Waals surface area contributed by atoms with Gasteiger partial charge in [-0.15, -0.1) is 6.54 Å². The first-order chi connectivity index (χ1) is 14.4. The zero-order valence-electron chi connectivity index (χ0n) is 18.8. The molecule has 2 aromatic rings. The first kappa shape index (κ1) is 29.2. The number of Topliss-reactive ketones (excluding diaryl/α,β-unsaturated/α-hetero) is 1. The van der Waals surface area contributed by atoms with Crippen molar-refractivity contribution < 1.29 is 28.4 Å². The standard InChI is InChI=1S/C16H18ClN3O.C7H12NO.Li/c1-3-20-12(2)19-11-15(20)16(21)7-5-4-6-13-10-18-9-8-14(13)17;1-3-8(2)6-4-5-7-9;/h8-11H,1-7H2;4-5H,3,6H2,1-2H3;/q-2;-1;+1/b;5-4+;. The zero-order valence-corrected chi connectivity index (χ0v) is 19.6. The average molecular weight is 437 g/mol. The summed E-state index contributed by atoms with van der Waals surface area (Å²) in [7, 11) is 2.00. The molecular formula is C23H30ClLiN4O2-2. The van der Waals surface area contributed by atoms with Crippen LogP contribution in [0, 0.1) is 13.8 Å². The summed E-state index contributed by atoms with van der Waals surface area (Å²) in [5, 5.41) is 0.730. The molecule has 0 fully saturated rings. The Morgan fingerprint density at radius 1 is 1.35 bits per heavy atom. The number of aromatic nitrogens is 3. The van der Waals surface area contributed by atoms with Crippen LogP contribution in [0.4, 0.5) is 0 Å². The molecule has 0 atom stereocenters. The first-order valence-electron chi connectivity index (χ1n) is 9.94. The number of unbranched alkanes of at least 4 members (excludes halogenated alkanes) is 1. The predicted molar refractivity (Wildman–Crippen MR) is 121 cm³/mol. The molecule has 0 spiro atoms. The Morgan fingerprint density at radius 2 is 2.10 bits per heavy atom. The number of imidazole rings is 1. The van der Waals surface area contributed by atoms with Crippen molar-refractivity contribution in [2.75, 3.05) is 20.1 Å². The van der Waals surface area contributed by atoms with Gasteiger partial charge in [-0.05, 0) is 63.1 Å². The van der Waals surface area contributed by atoms with Crippen molar-refractivity contribution in [3.63, 3.8) is 0 Å². The predicted octanol–water partition coefficient (Wildman–Crippen LogP) is 1.15. The van der Waals surface area contributed by atoms with E-state index in [1.807, 2.05) is 7.05 Å². The van der Waals surface area contributed by atoms with Crippen LogP contribution in [0.2, 0.25) is 5.02 Å². The van der Waals surface area contributed by atoms with E-state index in [-0.39, 0.29) is 24.6 Å². The summed E-state index contributed by atoms with van der Waals surface area (Å²) < 4.78 is 1.74. The summed E-state index contributed by atoms with van der Waals surface area (Å²) in [6, 6.07) is 1.78. The largest absolute Gasteiger partial charge is 1.00 e. The number of ketones is 1. The number of aryl methyl sites for hydroxylation is 1. The Hall–Kier alpha value is -1.84. The second-order valence-electron chi connectivity index (χ2n) is 6.68. The van der Waals surface area contributed by atoms with Gasteiger partial charge in [0.2, 0.25) is 0 Å². The Morgan fingerprint density at radius 3 is 2.71 bits per heavy atom. The molecule has 2 rings (SSSR count). The summed E-state index contributed by atoms with van der Waals surface area (Å²) in [6.45, 7) is 11.9. The molecule has 2 aromatic heterocycles. The monoisotopic (exact) mass is 436 g/mol. The molecule has 0 amide bonds. The van der Waals surface area contributed by atoms with Gasteiger partial charge in [0.25, 0.3) is 0 Å². The van der Waals surface area contributed by atoms with Gasteiger partial charge in [0.15, 0.2) is 5.78 Å². The molecule has 6 nitrogen and oxygen atoms in total. The maximum absolute atomic E-state index is 12.2. The van der Waals surface area contributed by atoms with Gasteiger partial charge in [-0.1, -0.05) is 18.5 Å². The van der Waals surface area contributed by atoms with Crippen LogP contribution in [0.5, 0.6) is 0 Å². The van der Waals surface area contributed by atoms with Crippen molar-refractivity contribution in [2.24, 2.45) is 0 Å². The molecule has 0 aromatic carbocycles. The second kappa shape index (κ2) is 16.8. The SMILES string of the molecule is CCN(C)C/C=C/[C-]=O.[CH2-]Cn1c(C(=O)CCCCc2cnccc2Cl)cnc1[CH2-].[Li+]. The van der Waals surface area contributed by atoms with Crippen molar-refractivity contribution >= 4 is 23.7 Å². The van der Waals surface area contributed by atoms with Crippen LogP contribution >= 0.6 is 11.6 Å². The molecule has 0 aliphatic carbocycles. The third-order valence-electron chi connectivity index (χ3n) is 4.53. The quantitative estimate of drug-likeness (QED) is 0.174. The van der Waals surface area contributed by atoms with Crippen LogP contribution in [-0.2, 0) is 17.8 Å². The summed E-state index contributed by atoms with van der Waals surface area (Å²) in [4.78, 5) is 32.0. The van der Waals surface area contributed by atoms with Crippen LogP contribution in [-0.4, -0.2) is 51.6 Å². The van der Waals surface area contributed by atoms with Crippen molar-refractivity contribution in [1.29, 1.82) is 0 Å². The van der Waals surface area contributed by atoms with E-state index in [4.69, 9.17) is 11.6 Å². The molecule has 0 saturated carbocycles. The number of likely N-dealkylation sites (N-methyl/N-ethyl adjacent to an activating group) is 1. The van der Waals surface area contributed by atoms with Crippen LogP contribution in [0.25, 0.3) is 0 Å². The Balaban J connectivity index is 0.000000769.